The van der Waals surface area contributed by atoms with E-state index in [-0.39, 0.29) is 17.7 Å². The first-order chi connectivity index (χ1) is 12.9. The zero-order chi connectivity index (χ0) is 19.4. The lowest BCUT2D eigenvalue weighted by Crippen LogP contribution is -2.42. The van der Waals surface area contributed by atoms with Gasteiger partial charge in [0.15, 0.2) is 0 Å². The van der Waals surface area contributed by atoms with Crippen LogP contribution < -0.4 is 5.32 Å². The lowest BCUT2D eigenvalue weighted by atomic mass is 9.85. The zero-order valence-corrected chi connectivity index (χ0v) is 18.3. The SMILES string of the molecule is C[C@H](C(=O)NCc1cccc(Br)c1)C1CCN(S(=O)(=O)c2cccs2)CC1. The molecule has 0 bridgehead atoms. The molecule has 5 nitrogen and oxygen atoms in total. The molecule has 0 radical (unpaired) electrons. The number of halogens is 1. The zero-order valence-electron chi connectivity index (χ0n) is 15.1. The van der Waals surface area contributed by atoms with Crippen molar-refractivity contribution in [3.8, 4) is 0 Å². The number of nitrogens with one attached hydrogen (secondary N) is 1. The number of hydrogen-bond acceptors (Lipinski definition) is 4. The van der Waals surface area contributed by atoms with Gasteiger partial charge in [-0.2, -0.15) is 4.31 Å². The number of sulfonamides is 1. The summed E-state index contributed by atoms with van der Waals surface area (Å²) in [5.74, 6) is 0.0839. The van der Waals surface area contributed by atoms with Crippen molar-refractivity contribution in [3.05, 3.63) is 51.8 Å². The van der Waals surface area contributed by atoms with Crippen LogP contribution in [0.1, 0.15) is 25.3 Å². The third-order valence-corrected chi connectivity index (χ3v) is 8.83. The van der Waals surface area contributed by atoms with E-state index in [4.69, 9.17) is 0 Å². The fourth-order valence-electron chi connectivity index (χ4n) is 3.36. The van der Waals surface area contributed by atoms with Crippen molar-refractivity contribution < 1.29 is 13.2 Å². The number of thiophene rings is 1. The molecule has 146 valence electrons. The van der Waals surface area contributed by atoms with Gasteiger partial charge in [0.25, 0.3) is 10.0 Å². The third kappa shape index (κ3) is 4.99. The molecule has 1 N–H and O–H groups in total. The van der Waals surface area contributed by atoms with E-state index in [0.717, 1.165) is 10.0 Å². The van der Waals surface area contributed by atoms with E-state index in [0.29, 0.717) is 36.7 Å². The van der Waals surface area contributed by atoms with Crippen LogP contribution in [0.3, 0.4) is 0 Å². The minimum Gasteiger partial charge on any atom is -0.352 e. The predicted molar refractivity (Wildman–Crippen MR) is 111 cm³/mol. The molecular weight excluding hydrogens is 448 g/mol. The molecule has 1 aliphatic heterocycles. The van der Waals surface area contributed by atoms with Gasteiger partial charge in [-0.3, -0.25) is 4.79 Å². The fourth-order valence-corrected chi connectivity index (χ4v) is 6.43. The van der Waals surface area contributed by atoms with Crippen LogP contribution in [0.2, 0.25) is 0 Å². The molecule has 1 aromatic heterocycles. The maximum atomic E-state index is 12.6. The van der Waals surface area contributed by atoms with Crippen LogP contribution >= 0.6 is 27.3 Å². The summed E-state index contributed by atoms with van der Waals surface area (Å²) < 4.78 is 28.1. The largest absolute Gasteiger partial charge is 0.352 e. The Morgan fingerprint density at radius 1 is 1.30 bits per heavy atom. The van der Waals surface area contributed by atoms with Gasteiger partial charge < -0.3 is 5.32 Å². The van der Waals surface area contributed by atoms with Gasteiger partial charge in [0.1, 0.15) is 4.21 Å². The van der Waals surface area contributed by atoms with Crippen LogP contribution in [-0.2, 0) is 21.4 Å². The fraction of sp³-hybridized carbons (Fsp3) is 0.421. The van der Waals surface area contributed by atoms with E-state index in [9.17, 15) is 13.2 Å². The first-order valence-electron chi connectivity index (χ1n) is 8.94. The average Bonchev–Trinajstić information content (AvgIpc) is 3.21. The van der Waals surface area contributed by atoms with E-state index in [1.165, 1.54) is 11.3 Å². The topological polar surface area (TPSA) is 66.5 Å². The highest BCUT2D eigenvalue weighted by atomic mass is 79.9. The molecule has 2 aromatic rings. The summed E-state index contributed by atoms with van der Waals surface area (Å²) in [4.78, 5) is 12.5. The minimum absolute atomic E-state index is 0.0227. The van der Waals surface area contributed by atoms with Crippen molar-refractivity contribution >= 4 is 43.2 Å². The lowest BCUT2D eigenvalue weighted by molar-refractivity contribution is -0.126. The van der Waals surface area contributed by atoms with E-state index < -0.39 is 10.0 Å². The van der Waals surface area contributed by atoms with E-state index >= 15 is 0 Å². The first-order valence-corrected chi connectivity index (χ1v) is 12.0. The molecule has 0 saturated carbocycles. The summed E-state index contributed by atoms with van der Waals surface area (Å²) in [5.41, 5.74) is 1.04. The maximum Gasteiger partial charge on any atom is 0.252 e. The number of carbonyl (C=O) groups excluding carboxylic acids is 1. The Kier molecular flexibility index (Phi) is 6.73. The molecule has 2 heterocycles. The number of amides is 1. The lowest BCUT2D eigenvalue weighted by Gasteiger charge is -2.33. The highest BCUT2D eigenvalue weighted by molar-refractivity contribution is 9.10. The molecule has 1 atom stereocenters. The van der Waals surface area contributed by atoms with Crippen molar-refractivity contribution in [1.82, 2.24) is 9.62 Å². The second-order valence-electron chi connectivity index (χ2n) is 6.81. The number of carbonyl (C=O) groups is 1. The quantitative estimate of drug-likeness (QED) is 0.696. The number of hydrogen-bond donors (Lipinski definition) is 1. The van der Waals surface area contributed by atoms with Gasteiger partial charge in [0.2, 0.25) is 5.91 Å². The summed E-state index contributed by atoms with van der Waals surface area (Å²) in [6.45, 7) is 3.36. The molecule has 8 heteroatoms. The van der Waals surface area contributed by atoms with Crippen LogP contribution in [0.4, 0.5) is 0 Å². The Bertz CT molecular complexity index is 876. The van der Waals surface area contributed by atoms with Crippen molar-refractivity contribution in [1.29, 1.82) is 0 Å². The highest BCUT2D eigenvalue weighted by Gasteiger charge is 2.33. The number of piperidine rings is 1. The van der Waals surface area contributed by atoms with Gasteiger partial charge in [0, 0.05) is 30.0 Å². The van der Waals surface area contributed by atoms with Crippen LogP contribution in [0.15, 0.2) is 50.5 Å². The summed E-state index contributed by atoms with van der Waals surface area (Å²) in [5, 5.41) is 4.77. The van der Waals surface area contributed by atoms with E-state index in [1.807, 2.05) is 31.2 Å². The molecule has 27 heavy (non-hydrogen) atoms. The Morgan fingerprint density at radius 2 is 2.04 bits per heavy atom. The van der Waals surface area contributed by atoms with Crippen molar-refractivity contribution in [2.75, 3.05) is 13.1 Å². The van der Waals surface area contributed by atoms with Crippen LogP contribution in [0.25, 0.3) is 0 Å². The van der Waals surface area contributed by atoms with Gasteiger partial charge >= 0.3 is 0 Å². The van der Waals surface area contributed by atoms with Gasteiger partial charge in [0.05, 0.1) is 0 Å². The standard InChI is InChI=1S/C19H23BrN2O3S2/c1-14(19(23)21-13-15-4-2-5-17(20)12-15)16-7-9-22(10-8-16)27(24,25)18-6-3-11-26-18/h2-6,11-12,14,16H,7-10,13H2,1H3,(H,21,23)/t14-/m0/s1. The summed E-state index contributed by atoms with van der Waals surface area (Å²) >= 11 is 4.67. The first kappa shape index (κ1) is 20.5. The number of nitrogens with zero attached hydrogens (tertiary/aromatic N) is 1. The second kappa shape index (κ2) is 8.86. The van der Waals surface area contributed by atoms with Crippen LogP contribution in [-0.4, -0.2) is 31.7 Å². The number of rotatable bonds is 6. The highest BCUT2D eigenvalue weighted by Crippen LogP contribution is 2.30. The Labute approximate surface area is 173 Å². The predicted octanol–water partition coefficient (Wildman–Crippen LogP) is 3.86. The second-order valence-corrected chi connectivity index (χ2v) is 10.8. The van der Waals surface area contributed by atoms with Crippen LogP contribution in [0.5, 0.6) is 0 Å². The maximum absolute atomic E-state index is 12.6. The van der Waals surface area contributed by atoms with Gasteiger partial charge in [-0.15, -0.1) is 11.3 Å². The van der Waals surface area contributed by atoms with Crippen molar-refractivity contribution in [2.24, 2.45) is 11.8 Å². The Morgan fingerprint density at radius 3 is 2.67 bits per heavy atom. The number of benzene rings is 1. The molecule has 1 saturated heterocycles. The smallest absolute Gasteiger partial charge is 0.252 e. The molecule has 1 aliphatic rings. The van der Waals surface area contributed by atoms with Crippen LogP contribution in [0, 0.1) is 11.8 Å². The average molecular weight is 471 g/mol. The van der Waals surface area contributed by atoms with E-state index in [1.54, 1.807) is 21.8 Å². The van der Waals surface area contributed by atoms with Crippen molar-refractivity contribution in [3.63, 3.8) is 0 Å². The molecule has 0 unspecified atom stereocenters. The van der Waals surface area contributed by atoms with Gasteiger partial charge in [-0.25, -0.2) is 8.42 Å². The minimum atomic E-state index is -3.39. The molecular formula is C19H23BrN2O3S2. The van der Waals surface area contributed by atoms with Gasteiger partial charge in [-0.1, -0.05) is 41.1 Å². The Hall–Kier alpha value is -1.22. The summed E-state index contributed by atoms with van der Waals surface area (Å²) in [6, 6.07) is 11.2. The molecule has 1 amide bonds. The normalized spacial score (nSPS) is 17.6. The summed E-state index contributed by atoms with van der Waals surface area (Å²) in [6.07, 6.45) is 1.41. The van der Waals surface area contributed by atoms with Crippen molar-refractivity contribution in [2.45, 2.75) is 30.5 Å². The van der Waals surface area contributed by atoms with Gasteiger partial charge in [-0.05, 0) is 47.9 Å². The Balaban J connectivity index is 1.52. The molecule has 1 aromatic carbocycles. The van der Waals surface area contributed by atoms with E-state index in [2.05, 4.69) is 21.2 Å². The molecule has 3 rings (SSSR count). The molecule has 1 fully saturated rings. The molecule has 0 aliphatic carbocycles. The monoisotopic (exact) mass is 470 g/mol. The third-order valence-electron chi connectivity index (χ3n) is 5.06. The summed E-state index contributed by atoms with van der Waals surface area (Å²) in [7, 11) is -3.39. The molecule has 0 spiro atoms.